The largest absolute Gasteiger partial charge is 0.314 e. The Kier molecular flexibility index (Phi) is 3.63. The van der Waals surface area contributed by atoms with Gasteiger partial charge in [0.15, 0.2) is 0 Å². The molecule has 1 atom stereocenters. The second-order valence-electron chi connectivity index (χ2n) is 5.41. The highest BCUT2D eigenvalue weighted by atomic mass is 15.3. The predicted molar refractivity (Wildman–Crippen MR) is 71.3 cm³/mol. The highest BCUT2D eigenvalue weighted by Gasteiger charge is 2.28. The monoisotopic (exact) mass is 249 g/mol. The first kappa shape index (κ1) is 12.1. The number of nitrogens with one attached hydrogen (secondary N) is 1. The van der Waals surface area contributed by atoms with E-state index in [0.29, 0.717) is 0 Å². The number of rotatable bonds is 3. The van der Waals surface area contributed by atoms with Crippen LogP contribution < -0.4 is 5.32 Å². The van der Waals surface area contributed by atoms with Crippen LogP contribution in [-0.2, 0) is 13.6 Å². The van der Waals surface area contributed by atoms with E-state index in [0.717, 1.165) is 25.7 Å². The third-order valence-electron chi connectivity index (χ3n) is 4.22. The molecule has 0 aliphatic carbocycles. The number of hydrogen-bond acceptors (Lipinski definition) is 4. The maximum atomic E-state index is 4.24. The van der Waals surface area contributed by atoms with Crippen LogP contribution in [-0.4, -0.2) is 64.9 Å². The molecule has 1 unspecified atom stereocenters. The molecule has 2 aliphatic heterocycles. The Balaban J connectivity index is 1.53. The van der Waals surface area contributed by atoms with Gasteiger partial charge in [-0.1, -0.05) is 0 Å². The molecule has 1 N–H and O–H groups in total. The summed E-state index contributed by atoms with van der Waals surface area (Å²) in [4.78, 5) is 5.21. The fourth-order valence-corrected chi connectivity index (χ4v) is 3.09. The molecule has 3 heterocycles. The van der Waals surface area contributed by atoms with Crippen molar-refractivity contribution in [3.63, 3.8) is 0 Å². The normalized spacial score (nSPS) is 26.8. The molecule has 0 amide bonds. The SMILES string of the molecule is Cn1nccc1CN1CCC(N2CCNCC2)C1. The number of aryl methyl sites for hydroxylation is 1. The van der Waals surface area contributed by atoms with Crippen LogP contribution >= 0.6 is 0 Å². The number of aromatic nitrogens is 2. The summed E-state index contributed by atoms with van der Waals surface area (Å²) < 4.78 is 1.98. The zero-order chi connectivity index (χ0) is 12.4. The summed E-state index contributed by atoms with van der Waals surface area (Å²) in [6.45, 7) is 8.20. The molecular formula is C13H23N5. The summed E-state index contributed by atoms with van der Waals surface area (Å²) in [5, 5.41) is 7.67. The van der Waals surface area contributed by atoms with Crippen molar-refractivity contribution >= 4 is 0 Å². The van der Waals surface area contributed by atoms with E-state index < -0.39 is 0 Å². The molecule has 18 heavy (non-hydrogen) atoms. The molecule has 2 fully saturated rings. The molecular weight excluding hydrogens is 226 g/mol. The van der Waals surface area contributed by atoms with Gasteiger partial charge >= 0.3 is 0 Å². The minimum Gasteiger partial charge on any atom is -0.314 e. The molecule has 2 aliphatic rings. The van der Waals surface area contributed by atoms with Gasteiger partial charge in [0.05, 0.1) is 5.69 Å². The molecule has 1 aromatic rings. The van der Waals surface area contributed by atoms with Crippen molar-refractivity contribution in [1.82, 2.24) is 24.9 Å². The Morgan fingerprint density at radius 1 is 1.33 bits per heavy atom. The highest BCUT2D eigenvalue weighted by molar-refractivity contribution is 5.01. The van der Waals surface area contributed by atoms with Crippen molar-refractivity contribution in [2.45, 2.75) is 19.0 Å². The Bertz CT molecular complexity index is 382. The first-order chi connectivity index (χ1) is 8.83. The van der Waals surface area contributed by atoms with E-state index in [1.165, 1.54) is 38.3 Å². The Morgan fingerprint density at radius 2 is 2.17 bits per heavy atom. The molecule has 5 heteroatoms. The van der Waals surface area contributed by atoms with Gasteiger partial charge in [-0.2, -0.15) is 5.10 Å². The first-order valence-corrected chi connectivity index (χ1v) is 6.97. The summed E-state index contributed by atoms with van der Waals surface area (Å²) in [5.41, 5.74) is 1.32. The molecule has 0 spiro atoms. The van der Waals surface area contributed by atoms with E-state index in [4.69, 9.17) is 0 Å². The standard InChI is InChI=1S/C13H23N5/c1-16-12(2-4-15-16)10-17-7-3-13(11-17)18-8-5-14-6-9-18/h2,4,13-14H,3,5-11H2,1H3. The first-order valence-electron chi connectivity index (χ1n) is 6.97. The van der Waals surface area contributed by atoms with Gasteiger partial charge in [0, 0.05) is 65.1 Å². The summed E-state index contributed by atoms with van der Waals surface area (Å²) in [7, 11) is 2.03. The third-order valence-corrected chi connectivity index (χ3v) is 4.22. The smallest absolute Gasteiger partial charge is 0.0521 e. The zero-order valence-electron chi connectivity index (χ0n) is 11.2. The average molecular weight is 249 g/mol. The van der Waals surface area contributed by atoms with Crippen LogP contribution in [0, 0.1) is 0 Å². The average Bonchev–Trinajstić information content (AvgIpc) is 3.02. The van der Waals surface area contributed by atoms with E-state index in [1.807, 2.05) is 17.9 Å². The lowest BCUT2D eigenvalue weighted by Crippen LogP contribution is -2.49. The molecule has 0 aromatic carbocycles. The van der Waals surface area contributed by atoms with Gasteiger partial charge in [-0.15, -0.1) is 0 Å². The van der Waals surface area contributed by atoms with Crippen LogP contribution in [0.4, 0.5) is 0 Å². The summed E-state index contributed by atoms with van der Waals surface area (Å²) in [6.07, 6.45) is 3.21. The minimum absolute atomic E-state index is 0.764. The van der Waals surface area contributed by atoms with E-state index in [9.17, 15) is 0 Å². The van der Waals surface area contributed by atoms with Gasteiger partial charge in [0.2, 0.25) is 0 Å². The lowest BCUT2D eigenvalue weighted by atomic mass is 10.2. The number of nitrogens with zero attached hydrogens (tertiary/aromatic N) is 4. The van der Waals surface area contributed by atoms with Crippen LogP contribution in [0.3, 0.4) is 0 Å². The minimum atomic E-state index is 0.764. The zero-order valence-corrected chi connectivity index (χ0v) is 11.2. The maximum Gasteiger partial charge on any atom is 0.0521 e. The summed E-state index contributed by atoms with van der Waals surface area (Å²) >= 11 is 0. The second-order valence-corrected chi connectivity index (χ2v) is 5.41. The van der Waals surface area contributed by atoms with Crippen molar-refractivity contribution < 1.29 is 0 Å². The van der Waals surface area contributed by atoms with Gasteiger partial charge in [-0.3, -0.25) is 14.5 Å². The second kappa shape index (κ2) is 5.38. The number of likely N-dealkylation sites (tertiary alicyclic amines) is 1. The highest BCUT2D eigenvalue weighted by Crippen LogP contribution is 2.18. The molecule has 100 valence electrons. The van der Waals surface area contributed by atoms with Crippen LogP contribution in [0.25, 0.3) is 0 Å². The van der Waals surface area contributed by atoms with Crippen LogP contribution in [0.1, 0.15) is 12.1 Å². The fourth-order valence-electron chi connectivity index (χ4n) is 3.09. The molecule has 1 aromatic heterocycles. The van der Waals surface area contributed by atoms with Crippen molar-refractivity contribution in [1.29, 1.82) is 0 Å². The quantitative estimate of drug-likeness (QED) is 0.811. The van der Waals surface area contributed by atoms with E-state index in [-0.39, 0.29) is 0 Å². The maximum absolute atomic E-state index is 4.24. The van der Waals surface area contributed by atoms with Crippen molar-refractivity contribution in [3.05, 3.63) is 18.0 Å². The lowest BCUT2D eigenvalue weighted by Gasteiger charge is -2.32. The van der Waals surface area contributed by atoms with Crippen LogP contribution in [0.5, 0.6) is 0 Å². The summed E-state index contributed by atoms with van der Waals surface area (Å²) in [5.74, 6) is 0. The summed E-state index contributed by atoms with van der Waals surface area (Å²) in [6, 6.07) is 2.89. The molecule has 5 nitrogen and oxygen atoms in total. The number of hydrogen-bond donors (Lipinski definition) is 1. The lowest BCUT2D eigenvalue weighted by molar-refractivity contribution is 0.170. The topological polar surface area (TPSA) is 36.3 Å². The number of piperazine rings is 1. The van der Waals surface area contributed by atoms with Gasteiger partial charge in [-0.05, 0) is 12.5 Å². The fraction of sp³-hybridized carbons (Fsp3) is 0.769. The molecule has 0 bridgehead atoms. The molecule has 3 rings (SSSR count). The third kappa shape index (κ3) is 2.58. The van der Waals surface area contributed by atoms with E-state index in [2.05, 4.69) is 26.3 Å². The van der Waals surface area contributed by atoms with Crippen LogP contribution in [0.15, 0.2) is 12.3 Å². The van der Waals surface area contributed by atoms with Gasteiger partial charge < -0.3 is 5.32 Å². The molecule has 2 saturated heterocycles. The van der Waals surface area contributed by atoms with Crippen molar-refractivity contribution in [2.75, 3.05) is 39.3 Å². The van der Waals surface area contributed by atoms with E-state index in [1.54, 1.807) is 0 Å². The predicted octanol–water partition coefficient (Wildman–Crippen LogP) is -0.100. The molecule has 0 radical (unpaired) electrons. The Hall–Kier alpha value is -0.910. The van der Waals surface area contributed by atoms with Crippen LogP contribution in [0.2, 0.25) is 0 Å². The van der Waals surface area contributed by atoms with Crippen molar-refractivity contribution in [2.24, 2.45) is 7.05 Å². The Morgan fingerprint density at radius 3 is 2.89 bits per heavy atom. The van der Waals surface area contributed by atoms with Crippen molar-refractivity contribution in [3.8, 4) is 0 Å². The molecule has 0 saturated carbocycles. The van der Waals surface area contributed by atoms with Gasteiger partial charge in [-0.25, -0.2) is 0 Å². The van der Waals surface area contributed by atoms with E-state index >= 15 is 0 Å². The van der Waals surface area contributed by atoms with Gasteiger partial charge in [0.1, 0.15) is 0 Å². The Labute approximate surface area is 109 Å². The van der Waals surface area contributed by atoms with Gasteiger partial charge in [0.25, 0.3) is 0 Å².